The van der Waals surface area contributed by atoms with E-state index in [0.29, 0.717) is 12.1 Å². The summed E-state index contributed by atoms with van der Waals surface area (Å²) in [4.78, 5) is -0.953. The number of rotatable bonds is 4. The molecular formula is C10H14ClF3N2O2S. The first-order valence-electron chi connectivity index (χ1n) is 4.96. The molecule has 0 spiro atoms. The zero-order valence-electron chi connectivity index (χ0n) is 10.2. The summed E-state index contributed by atoms with van der Waals surface area (Å²) in [6.45, 7) is 2.93. The van der Waals surface area contributed by atoms with Crippen LogP contribution in [-0.2, 0) is 10.0 Å². The second kappa shape index (κ2) is 6.08. The molecule has 3 N–H and O–H groups in total. The number of halogens is 4. The monoisotopic (exact) mass is 318 g/mol. The van der Waals surface area contributed by atoms with Crippen molar-refractivity contribution in [3.8, 4) is 0 Å². The maximum absolute atomic E-state index is 13.3. The van der Waals surface area contributed by atoms with Crippen LogP contribution in [0.3, 0.4) is 0 Å². The molecule has 0 saturated carbocycles. The van der Waals surface area contributed by atoms with Gasteiger partial charge in [-0.1, -0.05) is 0 Å². The molecule has 1 rings (SSSR count). The van der Waals surface area contributed by atoms with Gasteiger partial charge in [-0.2, -0.15) is 0 Å². The Kier molecular flexibility index (Phi) is 5.82. The first kappa shape index (κ1) is 18.2. The fourth-order valence-corrected chi connectivity index (χ4v) is 2.36. The molecule has 0 aliphatic carbocycles. The molecule has 19 heavy (non-hydrogen) atoms. The van der Waals surface area contributed by atoms with Crippen LogP contribution in [0.25, 0.3) is 0 Å². The number of nitrogens with two attached hydrogens (primary N) is 1. The highest BCUT2D eigenvalue weighted by atomic mass is 35.5. The molecule has 0 aliphatic rings. The summed E-state index contributed by atoms with van der Waals surface area (Å²) in [5.74, 6) is -5.03. The summed E-state index contributed by atoms with van der Waals surface area (Å²) in [5, 5.41) is 0. The third kappa shape index (κ3) is 4.64. The van der Waals surface area contributed by atoms with Gasteiger partial charge in [0.2, 0.25) is 10.0 Å². The van der Waals surface area contributed by atoms with Crippen LogP contribution in [0.5, 0.6) is 0 Å². The summed E-state index contributed by atoms with van der Waals surface area (Å²) < 4.78 is 64.3. The molecule has 0 atom stereocenters. The van der Waals surface area contributed by atoms with Gasteiger partial charge in [-0.05, 0) is 26.0 Å². The first-order valence-corrected chi connectivity index (χ1v) is 6.45. The van der Waals surface area contributed by atoms with E-state index in [-0.39, 0.29) is 19.0 Å². The minimum absolute atomic E-state index is 0. The highest BCUT2D eigenvalue weighted by Gasteiger charge is 2.25. The topological polar surface area (TPSA) is 72.2 Å². The lowest BCUT2D eigenvalue weighted by atomic mass is 10.1. The predicted molar refractivity (Wildman–Crippen MR) is 67.0 cm³/mol. The Morgan fingerprint density at radius 1 is 1.21 bits per heavy atom. The van der Waals surface area contributed by atoms with E-state index < -0.39 is 37.9 Å². The van der Waals surface area contributed by atoms with E-state index >= 15 is 0 Å². The van der Waals surface area contributed by atoms with Crippen molar-refractivity contribution in [3.63, 3.8) is 0 Å². The van der Waals surface area contributed by atoms with Gasteiger partial charge in [0, 0.05) is 12.1 Å². The van der Waals surface area contributed by atoms with Crippen molar-refractivity contribution < 1.29 is 21.6 Å². The summed E-state index contributed by atoms with van der Waals surface area (Å²) >= 11 is 0. The molecular weight excluding hydrogens is 305 g/mol. The van der Waals surface area contributed by atoms with Crippen LogP contribution in [0.4, 0.5) is 13.2 Å². The molecule has 0 saturated heterocycles. The molecule has 0 unspecified atom stereocenters. The molecule has 4 nitrogen and oxygen atoms in total. The molecule has 0 radical (unpaired) electrons. The van der Waals surface area contributed by atoms with E-state index in [4.69, 9.17) is 5.73 Å². The largest absolute Gasteiger partial charge is 0.324 e. The summed E-state index contributed by atoms with van der Waals surface area (Å²) in [6.07, 6.45) is 0. The molecule has 0 bridgehead atoms. The molecule has 0 heterocycles. The first-order chi connectivity index (χ1) is 8.04. The summed E-state index contributed by atoms with van der Waals surface area (Å²) in [5.41, 5.74) is 4.70. The second-order valence-electron chi connectivity index (χ2n) is 4.49. The third-order valence-electron chi connectivity index (χ3n) is 2.01. The average Bonchev–Trinajstić information content (AvgIpc) is 2.22. The van der Waals surface area contributed by atoms with Gasteiger partial charge in [0.1, 0.15) is 4.90 Å². The van der Waals surface area contributed by atoms with Crippen molar-refractivity contribution in [2.75, 3.05) is 6.54 Å². The Bertz CT molecular complexity index is 559. The van der Waals surface area contributed by atoms with Gasteiger partial charge < -0.3 is 5.73 Å². The molecule has 0 amide bonds. The summed E-state index contributed by atoms with van der Waals surface area (Å²) in [6, 6.07) is 1.19. The quantitative estimate of drug-likeness (QED) is 0.827. The lowest BCUT2D eigenvalue weighted by molar-refractivity contribution is 0.430. The zero-order valence-corrected chi connectivity index (χ0v) is 11.8. The normalized spacial score (nSPS) is 12.1. The van der Waals surface area contributed by atoms with Crippen LogP contribution in [0, 0.1) is 17.5 Å². The number of hydrogen-bond donors (Lipinski definition) is 2. The zero-order chi connectivity index (χ0) is 14.1. The third-order valence-corrected chi connectivity index (χ3v) is 3.43. The Morgan fingerprint density at radius 2 is 1.74 bits per heavy atom. The standard InChI is InChI=1S/C10H13F3N2O2S.ClH/c1-10(2,14)5-15-18(16,17)7-4-3-6(11)8(12)9(7)13;/h3-4,15H,5,14H2,1-2H3;1H. The van der Waals surface area contributed by atoms with E-state index in [1.54, 1.807) is 13.8 Å². The van der Waals surface area contributed by atoms with Gasteiger partial charge >= 0.3 is 0 Å². The molecule has 9 heteroatoms. The molecule has 110 valence electrons. The molecule has 0 aromatic heterocycles. The van der Waals surface area contributed by atoms with E-state index in [2.05, 4.69) is 0 Å². The van der Waals surface area contributed by atoms with Gasteiger partial charge in [-0.25, -0.2) is 26.3 Å². The highest BCUT2D eigenvalue weighted by molar-refractivity contribution is 7.89. The van der Waals surface area contributed by atoms with Crippen molar-refractivity contribution in [2.24, 2.45) is 5.73 Å². The van der Waals surface area contributed by atoms with Crippen molar-refractivity contribution in [1.29, 1.82) is 0 Å². The van der Waals surface area contributed by atoms with Gasteiger partial charge in [-0.15, -0.1) is 12.4 Å². The Morgan fingerprint density at radius 3 is 2.21 bits per heavy atom. The van der Waals surface area contributed by atoms with E-state index in [9.17, 15) is 21.6 Å². The van der Waals surface area contributed by atoms with Crippen LogP contribution in [0.15, 0.2) is 17.0 Å². The maximum Gasteiger partial charge on any atom is 0.243 e. The van der Waals surface area contributed by atoms with Crippen LogP contribution in [0.2, 0.25) is 0 Å². The van der Waals surface area contributed by atoms with Gasteiger partial charge in [0.05, 0.1) is 0 Å². The van der Waals surface area contributed by atoms with Crippen LogP contribution < -0.4 is 10.5 Å². The smallest absolute Gasteiger partial charge is 0.243 e. The van der Waals surface area contributed by atoms with E-state index in [0.717, 1.165) is 0 Å². The highest BCUT2D eigenvalue weighted by Crippen LogP contribution is 2.19. The lowest BCUT2D eigenvalue weighted by Crippen LogP contribution is -2.45. The fraction of sp³-hybridized carbons (Fsp3) is 0.400. The van der Waals surface area contributed by atoms with Crippen molar-refractivity contribution in [1.82, 2.24) is 4.72 Å². The molecule has 1 aromatic carbocycles. The Balaban J connectivity index is 0.00000324. The summed E-state index contributed by atoms with van der Waals surface area (Å²) in [7, 11) is -4.28. The Hall–Kier alpha value is -0.830. The fourth-order valence-electron chi connectivity index (χ4n) is 1.07. The number of nitrogens with one attached hydrogen (secondary N) is 1. The average molecular weight is 319 g/mol. The second-order valence-corrected chi connectivity index (χ2v) is 6.22. The molecule has 0 aliphatic heterocycles. The minimum Gasteiger partial charge on any atom is -0.324 e. The van der Waals surface area contributed by atoms with Gasteiger partial charge in [0.25, 0.3) is 0 Å². The molecule has 0 fully saturated rings. The number of hydrogen-bond acceptors (Lipinski definition) is 3. The van der Waals surface area contributed by atoms with Crippen molar-refractivity contribution in [3.05, 3.63) is 29.6 Å². The predicted octanol–water partition coefficient (Wildman–Crippen LogP) is 1.54. The van der Waals surface area contributed by atoms with Crippen LogP contribution in [-0.4, -0.2) is 20.5 Å². The van der Waals surface area contributed by atoms with Crippen molar-refractivity contribution >= 4 is 22.4 Å². The Labute approximate surface area is 115 Å². The van der Waals surface area contributed by atoms with Crippen LogP contribution in [0.1, 0.15) is 13.8 Å². The molecule has 1 aromatic rings. The van der Waals surface area contributed by atoms with Crippen LogP contribution >= 0.6 is 12.4 Å². The maximum atomic E-state index is 13.3. The minimum atomic E-state index is -4.28. The van der Waals surface area contributed by atoms with E-state index in [1.807, 2.05) is 4.72 Å². The van der Waals surface area contributed by atoms with Crippen molar-refractivity contribution in [2.45, 2.75) is 24.3 Å². The van der Waals surface area contributed by atoms with Gasteiger partial charge in [0.15, 0.2) is 17.5 Å². The van der Waals surface area contributed by atoms with Gasteiger partial charge in [-0.3, -0.25) is 0 Å². The lowest BCUT2D eigenvalue weighted by Gasteiger charge is -2.19. The number of sulfonamides is 1. The SMILES string of the molecule is CC(C)(N)CNS(=O)(=O)c1ccc(F)c(F)c1F.Cl. The number of benzene rings is 1. The van der Waals surface area contributed by atoms with E-state index in [1.165, 1.54) is 0 Å².